The van der Waals surface area contributed by atoms with Crippen molar-refractivity contribution in [2.75, 3.05) is 13.1 Å². The van der Waals surface area contributed by atoms with Crippen LogP contribution in [-0.4, -0.2) is 40.9 Å². The second-order valence-electron chi connectivity index (χ2n) is 6.08. The number of benzene rings is 1. The summed E-state index contributed by atoms with van der Waals surface area (Å²) in [6.07, 6.45) is 3.76. The van der Waals surface area contributed by atoms with Crippen molar-refractivity contribution < 1.29 is 17.3 Å². The Morgan fingerprint density at radius 2 is 2.00 bits per heavy atom. The van der Waals surface area contributed by atoms with E-state index in [0.717, 1.165) is 11.6 Å². The molecule has 1 aromatic carbocycles. The number of rotatable bonds is 5. The van der Waals surface area contributed by atoms with Crippen molar-refractivity contribution in [3.05, 3.63) is 60.5 Å². The molecule has 7 nitrogen and oxygen atoms in total. The summed E-state index contributed by atoms with van der Waals surface area (Å²) < 4.78 is 45.2. The Hall–Kier alpha value is -2.65. The van der Waals surface area contributed by atoms with Crippen LogP contribution >= 0.6 is 0 Å². The average Bonchev–Trinajstić information content (AvgIpc) is 3.07. The standard InChI is InChI=1S/C17H15FN4O3S/c18-14-5-1-2-6-15(14)26(23,24)22-10-12(11-22)8-16-20-17(21-25-16)13-4-3-7-19-9-13/h1-7,9,12H,8,10-11H2. The zero-order valence-electron chi connectivity index (χ0n) is 13.6. The molecule has 3 aromatic rings. The third-order valence-corrected chi connectivity index (χ3v) is 6.09. The van der Waals surface area contributed by atoms with Crippen LogP contribution in [0, 0.1) is 11.7 Å². The molecule has 1 aliphatic rings. The van der Waals surface area contributed by atoms with E-state index in [-0.39, 0.29) is 10.8 Å². The van der Waals surface area contributed by atoms with Crippen LogP contribution in [0.2, 0.25) is 0 Å². The van der Waals surface area contributed by atoms with Crippen molar-refractivity contribution in [3.63, 3.8) is 0 Å². The monoisotopic (exact) mass is 374 g/mol. The van der Waals surface area contributed by atoms with E-state index in [1.807, 2.05) is 6.07 Å². The molecule has 0 amide bonds. The molecule has 3 heterocycles. The second kappa shape index (κ2) is 6.58. The minimum absolute atomic E-state index is 0.0544. The summed E-state index contributed by atoms with van der Waals surface area (Å²) >= 11 is 0. The van der Waals surface area contributed by atoms with Gasteiger partial charge in [0.1, 0.15) is 10.7 Å². The van der Waals surface area contributed by atoms with E-state index >= 15 is 0 Å². The van der Waals surface area contributed by atoms with Crippen molar-refractivity contribution in [1.82, 2.24) is 19.4 Å². The molecule has 0 unspecified atom stereocenters. The molecule has 0 radical (unpaired) electrons. The van der Waals surface area contributed by atoms with Crippen LogP contribution in [0.4, 0.5) is 4.39 Å². The maximum Gasteiger partial charge on any atom is 0.246 e. The molecular weight excluding hydrogens is 359 g/mol. The fraction of sp³-hybridized carbons (Fsp3) is 0.235. The van der Waals surface area contributed by atoms with Crippen LogP contribution in [0.5, 0.6) is 0 Å². The molecule has 2 aromatic heterocycles. The third kappa shape index (κ3) is 3.11. The van der Waals surface area contributed by atoms with Gasteiger partial charge in [0.05, 0.1) is 0 Å². The van der Waals surface area contributed by atoms with Gasteiger partial charge >= 0.3 is 0 Å². The lowest BCUT2D eigenvalue weighted by atomic mass is 9.99. The second-order valence-corrected chi connectivity index (χ2v) is 7.98. The van der Waals surface area contributed by atoms with E-state index in [2.05, 4.69) is 15.1 Å². The van der Waals surface area contributed by atoms with Gasteiger partial charge in [0, 0.05) is 37.5 Å². The zero-order valence-corrected chi connectivity index (χ0v) is 14.4. The first-order chi connectivity index (χ1) is 12.5. The van der Waals surface area contributed by atoms with E-state index in [1.54, 1.807) is 18.5 Å². The predicted molar refractivity (Wildman–Crippen MR) is 89.9 cm³/mol. The summed E-state index contributed by atoms with van der Waals surface area (Å²) in [6, 6.07) is 8.99. The van der Waals surface area contributed by atoms with E-state index in [0.29, 0.717) is 31.2 Å². The highest BCUT2D eigenvalue weighted by Gasteiger charge is 2.38. The highest BCUT2D eigenvalue weighted by atomic mass is 32.2. The van der Waals surface area contributed by atoms with Gasteiger partial charge in [-0.1, -0.05) is 17.3 Å². The van der Waals surface area contributed by atoms with Crippen LogP contribution in [0.15, 0.2) is 58.2 Å². The lowest BCUT2D eigenvalue weighted by Crippen LogP contribution is -2.50. The molecule has 0 atom stereocenters. The van der Waals surface area contributed by atoms with Crippen LogP contribution in [0.3, 0.4) is 0 Å². The number of hydrogen-bond acceptors (Lipinski definition) is 6. The summed E-state index contributed by atoms with van der Waals surface area (Å²) in [5.41, 5.74) is 0.750. The first kappa shape index (κ1) is 16.8. The topological polar surface area (TPSA) is 89.2 Å². The normalized spacial score (nSPS) is 15.7. The number of aromatic nitrogens is 3. The smallest absolute Gasteiger partial charge is 0.246 e. The Morgan fingerprint density at radius 3 is 2.73 bits per heavy atom. The Morgan fingerprint density at radius 1 is 1.19 bits per heavy atom. The molecule has 26 heavy (non-hydrogen) atoms. The Labute approximate surface area is 149 Å². The quantitative estimate of drug-likeness (QED) is 0.680. The van der Waals surface area contributed by atoms with Gasteiger partial charge < -0.3 is 4.52 Å². The van der Waals surface area contributed by atoms with Crippen molar-refractivity contribution in [2.24, 2.45) is 5.92 Å². The van der Waals surface area contributed by atoms with Crippen molar-refractivity contribution in [3.8, 4) is 11.4 Å². The number of nitrogens with zero attached hydrogens (tertiary/aromatic N) is 4. The SMILES string of the molecule is O=S(=O)(c1ccccc1F)N1CC(Cc2nc(-c3cccnc3)no2)C1. The summed E-state index contributed by atoms with van der Waals surface area (Å²) in [7, 11) is -3.81. The van der Waals surface area contributed by atoms with Gasteiger partial charge in [-0.3, -0.25) is 4.98 Å². The molecule has 0 aliphatic carbocycles. The molecule has 134 valence electrons. The zero-order chi connectivity index (χ0) is 18.1. The highest BCUT2D eigenvalue weighted by Crippen LogP contribution is 2.28. The summed E-state index contributed by atoms with van der Waals surface area (Å²) in [5.74, 6) is 0.202. The van der Waals surface area contributed by atoms with Gasteiger partial charge in [-0.2, -0.15) is 9.29 Å². The third-order valence-electron chi connectivity index (χ3n) is 4.23. The molecule has 9 heteroatoms. The molecule has 0 spiro atoms. The lowest BCUT2D eigenvalue weighted by Gasteiger charge is -2.37. The maximum absolute atomic E-state index is 13.8. The summed E-state index contributed by atoms with van der Waals surface area (Å²) in [4.78, 5) is 8.03. The molecule has 1 aliphatic heterocycles. The van der Waals surface area contributed by atoms with E-state index < -0.39 is 15.8 Å². The van der Waals surface area contributed by atoms with Crippen LogP contribution in [-0.2, 0) is 16.4 Å². The lowest BCUT2D eigenvalue weighted by molar-refractivity contribution is 0.186. The Kier molecular flexibility index (Phi) is 4.25. The average molecular weight is 374 g/mol. The van der Waals surface area contributed by atoms with Crippen LogP contribution in [0.25, 0.3) is 11.4 Å². The summed E-state index contributed by atoms with van der Waals surface area (Å²) in [5, 5.41) is 3.92. The van der Waals surface area contributed by atoms with Crippen molar-refractivity contribution >= 4 is 10.0 Å². The van der Waals surface area contributed by atoms with Crippen LogP contribution < -0.4 is 0 Å². The summed E-state index contributed by atoms with van der Waals surface area (Å²) in [6.45, 7) is 0.586. The predicted octanol–water partition coefficient (Wildman–Crippen LogP) is 2.13. The largest absolute Gasteiger partial charge is 0.339 e. The molecule has 4 rings (SSSR count). The molecule has 1 fully saturated rings. The first-order valence-electron chi connectivity index (χ1n) is 8.02. The van der Waals surface area contributed by atoms with Gasteiger partial charge in [0.2, 0.25) is 21.7 Å². The molecule has 0 saturated carbocycles. The van der Waals surface area contributed by atoms with Gasteiger partial charge in [-0.05, 0) is 30.2 Å². The van der Waals surface area contributed by atoms with Crippen LogP contribution in [0.1, 0.15) is 5.89 Å². The van der Waals surface area contributed by atoms with E-state index in [9.17, 15) is 12.8 Å². The molecular formula is C17H15FN4O3S. The fourth-order valence-corrected chi connectivity index (χ4v) is 4.50. The highest BCUT2D eigenvalue weighted by molar-refractivity contribution is 7.89. The molecule has 0 bridgehead atoms. The number of pyridine rings is 1. The van der Waals surface area contributed by atoms with E-state index in [1.165, 1.54) is 22.5 Å². The Balaban J connectivity index is 1.40. The fourth-order valence-electron chi connectivity index (χ4n) is 2.84. The van der Waals surface area contributed by atoms with Crippen molar-refractivity contribution in [1.29, 1.82) is 0 Å². The number of hydrogen-bond donors (Lipinski definition) is 0. The number of sulfonamides is 1. The Bertz CT molecular complexity index is 1020. The van der Waals surface area contributed by atoms with Gasteiger partial charge in [0.25, 0.3) is 0 Å². The minimum atomic E-state index is -3.81. The minimum Gasteiger partial charge on any atom is -0.339 e. The van der Waals surface area contributed by atoms with Crippen molar-refractivity contribution in [2.45, 2.75) is 11.3 Å². The van der Waals surface area contributed by atoms with Gasteiger partial charge in [-0.15, -0.1) is 0 Å². The number of halogens is 1. The first-order valence-corrected chi connectivity index (χ1v) is 9.46. The van der Waals surface area contributed by atoms with Gasteiger partial charge in [-0.25, -0.2) is 12.8 Å². The van der Waals surface area contributed by atoms with E-state index in [4.69, 9.17) is 4.52 Å². The molecule has 0 N–H and O–H groups in total. The molecule has 1 saturated heterocycles. The van der Waals surface area contributed by atoms with Gasteiger partial charge in [0.15, 0.2) is 0 Å². The maximum atomic E-state index is 13.8.